The zero-order valence-electron chi connectivity index (χ0n) is 13.4. The highest BCUT2D eigenvalue weighted by atomic mass is 32.2. The molecule has 0 atom stereocenters. The van der Waals surface area contributed by atoms with Crippen LogP contribution >= 0.6 is 24.2 Å². The molecule has 1 aromatic rings. The molecule has 128 valence electrons. The van der Waals surface area contributed by atoms with Gasteiger partial charge < -0.3 is 15.7 Å². The SMILES string of the molecule is C=C(/C=C\C(=C/C)C(=O)O)NC(=S)NCCc1ccc(SN)cc1. The minimum Gasteiger partial charge on any atom is -0.478 e. The molecule has 0 aliphatic heterocycles. The first-order valence-corrected chi connectivity index (χ1v) is 8.52. The summed E-state index contributed by atoms with van der Waals surface area (Å²) in [7, 11) is 0. The molecule has 0 aromatic heterocycles. The molecule has 0 aliphatic rings. The number of allylic oxidation sites excluding steroid dienone is 2. The van der Waals surface area contributed by atoms with Crippen molar-refractivity contribution >= 4 is 35.2 Å². The van der Waals surface area contributed by atoms with Gasteiger partial charge in [0, 0.05) is 17.1 Å². The van der Waals surface area contributed by atoms with E-state index in [9.17, 15) is 4.79 Å². The highest BCUT2D eigenvalue weighted by Gasteiger charge is 2.01. The van der Waals surface area contributed by atoms with Gasteiger partial charge in [0.05, 0.1) is 5.57 Å². The Balaban J connectivity index is 2.36. The van der Waals surface area contributed by atoms with Crippen LogP contribution in [-0.2, 0) is 11.2 Å². The number of aliphatic carboxylic acids is 1. The minimum absolute atomic E-state index is 0.191. The summed E-state index contributed by atoms with van der Waals surface area (Å²) in [6.07, 6.45) is 5.37. The zero-order valence-corrected chi connectivity index (χ0v) is 15.0. The second-order valence-corrected chi connectivity index (χ2v) is 5.92. The lowest BCUT2D eigenvalue weighted by atomic mass is 10.1. The van der Waals surface area contributed by atoms with Gasteiger partial charge in [-0.25, -0.2) is 4.79 Å². The lowest BCUT2D eigenvalue weighted by Gasteiger charge is -2.10. The third kappa shape index (κ3) is 7.45. The van der Waals surface area contributed by atoms with Crippen molar-refractivity contribution in [2.24, 2.45) is 5.14 Å². The zero-order chi connectivity index (χ0) is 17.9. The van der Waals surface area contributed by atoms with Gasteiger partial charge in [0.25, 0.3) is 0 Å². The highest BCUT2D eigenvalue weighted by Crippen LogP contribution is 2.12. The van der Waals surface area contributed by atoms with Crippen LogP contribution in [0.25, 0.3) is 0 Å². The molecule has 5 N–H and O–H groups in total. The molecular formula is C17H21N3O2S2. The van der Waals surface area contributed by atoms with Crippen LogP contribution in [0.15, 0.2) is 65.2 Å². The van der Waals surface area contributed by atoms with Crippen LogP contribution in [0.3, 0.4) is 0 Å². The van der Waals surface area contributed by atoms with Crippen LogP contribution in [0.2, 0.25) is 0 Å². The van der Waals surface area contributed by atoms with Gasteiger partial charge in [0.15, 0.2) is 5.11 Å². The maximum atomic E-state index is 10.9. The third-order valence-electron chi connectivity index (χ3n) is 3.05. The fraction of sp³-hybridized carbons (Fsp3) is 0.176. The number of carboxylic acid groups (broad SMARTS) is 1. The molecule has 1 rings (SSSR count). The lowest BCUT2D eigenvalue weighted by molar-refractivity contribution is -0.132. The number of hydrogen-bond donors (Lipinski definition) is 4. The molecule has 0 saturated heterocycles. The molecule has 7 heteroatoms. The number of benzene rings is 1. The van der Waals surface area contributed by atoms with Gasteiger partial charge in [-0.05, 0) is 67.4 Å². The number of rotatable bonds is 8. The van der Waals surface area contributed by atoms with Gasteiger partial charge in [-0.15, -0.1) is 0 Å². The molecule has 0 amide bonds. The van der Waals surface area contributed by atoms with Crippen molar-refractivity contribution < 1.29 is 9.90 Å². The summed E-state index contributed by atoms with van der Waals surface area (Å²) >= 11 is 6.40. The molecule has 0 heterocycles. The third-order valence-corrected chi connectivity index (χ3v) is 3.85. The fourth-order valence-corrected chi connectivity index (χ4v) is 2.29. The topological polar surface area (TPSA) is 87.4 Å². The summed E-state index contributed by atoms with van der Waals surface area (Å²) in [5, 5.41) is 20.8. The average molecular weight is 364 g/mol. The van der Waals surface area contributed by atoms with Gasteiger partial charge >= 0.3 is 5.97 Å². The Kier molecular flexibility index (Phi) is 8.85. The monoisotopic (exact) mass is 363 g/mol. The molecule has 0 saturated carbocycles. The number of nitrogens with two attached hydrogens (primary N) is 1. The van der Waals surface area contributed by atoms with Crippen molar-refractivity contribution in [1.29, 1.82) is 0 Å². The molecular weight excluding hydrogens is 342 g/mol. The smallest absolute Gasteiger partial charge is 0.335 e. The summed E-state index contributed by atoms with van der Waals surface area (Å²) in [4.78, 5) is 11.9. The second kappa shape index (κ2) is 10.6. The van der Waals surface area contributed by atoms with Crippen LogP contribution in [-0.4, -0.2) is 22.7 Å². The maximum Gasteiger partial charge on any atom is 0.335 e. The van der Waals surface area contributed by atoms with Gasteiger partial charge in [-0.3, -0.25) is 5.14 Å². The van der Waals surface area contributed by atoms with Crippen molar-refractivity contribution in [2.75, 3.05) is 6.54 Å². The molecule has 0 fully saturated rings. The minimum atomic E-state index is -0.985. The van der Waals surface area contributed by atoms with Crippen LogP contribution in [0.5, 0.6) is 0 Å². The van der Waals surface area contributed by atoms with Gasteiger partial charge in [-0.1, -0.05) is 24.8 Å². The van der Waals surface area contributed by atoms with Crippen molar-refractivity contribution in [3.8, 4) is 0 Å². The van der Waals surface area contributed by atoms with Gasteiger partial charge in [0.1, 0.15) is 0 Å². The quantitative estimate of drug-likeness (QED) is 0.244. The van der Waals surface area contributed by atoms with E-state index in [4.69, 9.17) is 22.5 Å². The van der Waals surface area contributed by atoms with E-state index in [1.807, 2.05) is 24.3 Å². The van der Waals surface area contributed by atoms with E-state index in [-0.39, 0.29) is 5.57 Å². The summed E-state index contributed by atoms with van der Waals surface area (Å²) in [6.45, 7) is 6.12. The lowest BCUT2D eigenvalue weighted by Crippen LogP contribution is -2.35. The van der Waals surface area contributed by atoms with Crippen LogP contribution < -0.4 is 15.8 Å². The van der Waals surface area contributed by atoms with Crippen LogP contribution in [0.1, 0.15) is 12.5 Å². The molecule has 24 heavy (non-hydrogen) atoms. The van der Waals surface area contributed by atoms with Crippen LogP contribution in [0, 0.1) is 0 Å². The highest BCUT2D eigenvalue weighted by molar-refractivity contribution is 7.97. The Morgan fingerprint density at radius 3 is 2.58 bits per heavy atom. The van der Waals surface area contributed by atoms with E-state index >= 15 is 0 Å². The number of thiocarbonyl (C=S) groups is 1. The molecule has 5 nitrogen and oxygen atoms in total. The Morgan fingerprint density at radius 1 is 1.38 bits per heavy atom. The Bertz CT molecular complexity index is 652. The van der Waals surface area contributed by atoms with Crippen molar-refractivity contribution in [2.45, 2.75) is 18.2 Å². The Labute approximate surface area is 151 Å². The largest absolute Gasteiger partial charge is 0.478 e. The Morgan fingerprint density at radius 2 is 2.04 bits per heavy atom. The second-order valence-electron chi connectivity index (χ2n) is 4.80. The number of hydrogen-bond acceptors (Lipinski definition) is 4. The summed E-state index contributed by atoms with van der Waals surface area (Å²) in [5.74, 6) is -0.985. The Hall–Kier alpha value is -2.09. The summed E-state index contributed by atoms with van der Waals surface area (Å²) in [6, 6.07) is 8.01. The van der Waals surface area contributed by atoms with E-state index in [1.54, 1.807) is 13.0 Å². The predicted molar refractivity (Wildman–Crippen MR) is 104 cm³/mol. The molecule has 0 spiro atoms. The first-order valence-electron chi connectivity index (χ1n) is 7.23. The maximum absolute atomic E-state index is 10.9. The van der Waals surface area contributed by atoms with E-state index in [0.717, 1.165) is 11.3 Å². The average Bonchev–Trinajstić information content (AvgIpc) is 2.55. The predicted octanol–water partition coefficient (Wildman–Crippen LogP) is 2.76. The number of carboxylic acids is 1. The summed E-state index contributed by atoms with van der Waals surface area (Å²) < 4.78 is 0. The fourth-order valence-electron chi connectivity index (χ4n) is 1.77. The number of carbonyl (C=O) groups is 1. The van der Waals surface area contributed by atoms with Crippen molar-refractivity contribution in [3.05, 3.63) is 65.9 Å². The van der Waals surface area contributed by atoms with Gasteiger partial charge in [-0.2, -0.15) is 0 Å². The molecule has 0 aliphatic carbocycles. The first kappa shape index (κ1) is 20.0. The first-order chi connectivity index (χ1) is 11.5. The molecule has 0 unspecified atom stereocenters. The van der Waals surface area contributed by atoms with Crippen molar-refractivity contribution in [1.82, 2.24) is 10.6 Å². The van der Waals surface area contributed by atoms with E-state index in [2.05, 4.69) is 17.2 Å². The normalized spacial score (nSPS) is 11.3. The standard InChI is InChI=1S/C17H21N3O2S2/c1-3-14(16(21)22)7-4-12(2)20-17(23)19-11-10-13-5-8-15(24-18)9-6-13/h3-9H,2,10-11,18H2,1H3,(H,21,22)(H2,19,20,23)/b7-4-,14-3+. The van der Waals surface area contributed by atoms with E-state index in [1.165, 1.54) is 29.7 Å². The van der Waals surface area contributed by atoms with Crippen molar-refractivity contribution in [3.63, 3.8) is 0 Å². The van der Waals surface area contributed by atoms with Crippen LogP contribution in [0.4, 0.5) is 0 Å². The summed E-state index contributed by atoms with van der Waals surface area (Å²) in [5.41, 5.74) is 1.88. The molecule has 0 radical (unpaired) electrons. The van der Waals surface area contributed by atoms with E-state index < -0.39 is 5.97 Å². The van der Waals surface area contributed by atoms with E-state index in [0.29, 0.717) is 17.4 Å². The van der Waals surface area contributed by atoms with Gasteiger partial charge in [0.2, 0.25) is 0 Å². The molecule has 0 bridgehead atoms. The number of nitrogens with one attached hydrogen (secondary N) is 2. The molecule has 1 aromatic carbocycles.